The Morgan fingerprint density at radius 2 is 2.16 bits per heavy atom. The largest absolute Gasteiger partial charge is 0.496 e. The summed E-state index contributed by atoms with van der Waals surface area (Å²) in [5.41, 5.74) is 3.98. The van der Waals surface area contributed by atoms with Crippen molar-refractivity contribution in [3.8, 4) is 5.75 Å². The molecule has 0 radical (unpaired) electrons. The zero-order valence-corrected chi connectivity index (χ0v) is 13.2. The van der Waals surface area contributed by atoms with Gasteiger partial charge in [-0.3, -0.25) is 11.3 Å². The molecule has 1 aromatic carbocycles. The molecule has 0 fully saturated rings. The maximum atomic E-state index is 5.61. The Bertz CT molecular complexity index is 374. The first-order valence-electron chi connectivity index (χ1n) is 6.57. The fraction of sp³-hybridized carbons (Fsp3) is 0.571. The smallest absolute Gasteiger partial charge is 0.122 e. The van der Waals surface area contributed by atoms with Gasteiger partial charge >= 0.3 is 0 Å². The molecular formula is C14H23BrN2O2. The van der Waals surface area contributed by atoms with Crippen LogP contribution in [0.1, 0.15) is 25.3 Å². The van der Waals surface area contributed by atoms with Gasteiger partial charge in [-0.2, -0.15) is 0 Å². The topological polar surface area (TPSA) is 56.5 Å². The van der Waals surface area contributed by atoms with Crippen molar-refractivity contribution in [3.05, 3.63) is 28.2 Å². The van der Waals surface area contributed by atoms with Crippen LogP contribution in [0.5, 0.6) is 5.75 Å². The van der Waals surface area contributed by atoms with Crippen molar-refractivity contribution in [2.75, 3.05) is 20.3 Å². The summed E-state index contributed by atoms with van der Waals surface area (Å²) in [6.45, 7) is 3.63. The predicted octanol–water partition coefficient (Wildman–Crippen LogP) is 2.65. The molecule has 4 nitrogen and oxygen atoms in total. The lowest BCUT2D eigenvalue weighted by atomic mass is 10.0. The molecule has 0 aliphatic carbocycles. The van der Waals surface area contributed by atoms with Crippen LogP contribution < -0.4 is 16.0 Å². The van der Waals surface area contributed by atoms with E-state index in [0.717, 1.165) is 48.3 Å². The minimum atomic E-state index is 0.181. The summed E-state index contributed by atoms with van der Waals surface area (Å²) in [5.74, 6) is 6.49. The summed E-state index contributed by atoms with van der Waals surface area (Å²) >= 11 is 3.48. The summed E-state index contributed by atoms with van der Waals surface area (Å²) in [6.07, 6.45) is 2.74. The number of rotatable bonds is 9. The van der Waals surface area contributed by atoms with Gasteiger partial charge in [-0.15, -0.1) is 0 Å². The van der Waals surface area contributed by atoms with Gasteiger partial charge in [-0.1, -0.05) is 22.9 Å². The van der Waals surface area contributed by atoms with Gasteiger partial charge in [0.05, 0.1) is 7.11 Å². The number of hydrazine groups is 1. The summed E-state index contributed by atoms with van der Waals surface area (Å²) in [6, 6.07) is 6.17. The maximum absolute atomic E-state index is 5.61. The van der Waals surface area contributed by atoms with Gasteiger partial charge in [0, 0.05) is 23.7 Å². The molecule has 0 aliphatic heterocycles. The number of ether oxygens (including phenoxy) is 2. The Labute approximate surface area is 123 Å². The molecule has 0 saturated heterocycles. The molecule has 0 bridgehead atoms. The molecular weight excluding hydrogens is 308 g/mol. The second kappa shape index (κ2) is 9.31. The van der Waals surface area contributed by atoms with Gasteiger partial charge in [0.25, 0.3) is 0 Å². The van der Waals surface area contributed by atoms with E-state index in [2.05, 4.69) is 34.3 Å². The molecule has 0 aromatic heterocycles. The van der Waals surface area contributed by atoms with Crippen LogP contribution in [0, 0.1) is 0 Å². The van der Waals surface area contributed by atoms with Gasteiger partial charge in [-0.25, -0.2) is 0 Å². The number of benzene rings is 1. The molecule has 3 N–H and O–H groups in total. The Hall–Kier alpha value is -0.620. The quantitative estimate of drug-likeness (QED) is 0.415. The zero-order valence-electron chi connectivity index (χ0n) is 11.6. The third kappa shape index (κ3) is 5.91. The second-order valence-corrected chi connectivity index (χ2v) is 5.34. The van der Waals surface area contributed by atoms with Gasteiger partial charge in [0.2, 0.25) is 0 Å². The van der Waals surface area contributed by atoms with E-state index >= 15 is 0 Å². The van der Waals surface area contributed by atoms with Gasteiger partial charge in [-0.05, 0) is 43.0 Å². The molecule has 0 saturated carbocycles. The number of methoxy groups -OCH3 is 1. The standard InChI is InChI=1S/C14H23BrN2O2/c1-3-7-19-8-6-13(17-16)10-11-9-12(15)4-5-14(11)18-2/h4-5,9,13,17H,3,6-8,10,16H2,1-2H3. The second-order valence-electron chi connectivity index (χ2n) is 4.42. The molecule has 0 heterocycles. The first kappa shape index (κ1) is 16.4. The van der Waals surface area contributed by atoms with Crippen molar-refractivity contribution in [1.82, 2.24) is 5.43 Å². The van der Waals surface area contributed by atoms with Gasteiger partial charge in [0.1, 0.15) is 5.75 Å². The maximum Gasteiger partial charge on any atom is 0.122 e. The predicted molar refractivity (Wildman–Crippen MR) is 81.2 cm³/mol. The van der Waals surface area contributed by atoms with E-state index in [1.165, 1.54) is 0 Å². The molecule has 0 amide bonds. The fourth-order valence-electron chi connectivity index (χ4n) is 1.89. The van der Waals surface area contributed by atoms with E-state index in [4.69, 9.17) is 15.3 Å². The first-order chi connectivity index (χ1) is 9.21. The van der Waals surface area contributed by atoms with Crippen molar-refractivity contribution in [1.29, 1.82) is 0 Å². The van der Waals surface area contributed by atoms with E-state index in [-0.39, 0.29) is 6.04 Å². The lowest BCUT2D eigenvalue weighted by Gasteiger charge is -2.18. The molecule has 108 valence electrons. The van der Waals surface area contributed by atoms with E-state index < -0.39 is 0 Å². The van der Waals surface area contributed by atoms with E-state index in [1.54, 1.807) is 7.11 Å². The van der Waals surface area contributed by atoms with Crippen molar-refractivity contribution >= 4 is 15.9 Å². The average molecular weight is 331 g/mol. The Balaban J connectivity index is 2.56. The lowest BCUT2D eigenvalue weighted by Crippen LogP contribution is -2.37. The zero-order chi connectivity index (χ0) is 14.1. The third-order valence-corrected chi connectivity index (χ3v) is 3.40. The van der Waals surface area contributed by atoms with Crippen LogP contribution in [0.3, 0.4) is 0 Å². The minimum absolute atomic E-state index is 0.181. The van der Waals surface area contributed by atoms with Crippen LogP contribution in [0.15, 0.2) is 22.7 Å². The molecule has 0 aliphatic rings. The van der Waals surface area contributed by atoms with Crippen LogP contribution in [0.2, 0.25) is 0 Å². The lowest BCUT2D eigenvalue weighted by molar-refractivity contribution is 0.124. The molecule has 1 unspecified atom stereocenters. The van der Waals surface area contributed by atoms with Crippen LogP contribution in [-0.4, -0.2) is 26.4 Å². The van der Waals surface area contributed by atoms with Crippen LogP contribution in [-0.2, 0) is 11.2 Å². The Morgan fingerprint density at radius 1 is 1.37 bits per heavy atom. The molecule has 0 spiro atoms. The van der Waals surface area contributed by atoms with Crippen molar-refractivity contribution < 1.29 is 9.47 Å². The normalized spacial score (nSPS) is 12.4. The summed E-state index contributed by atoms with van der Waals surface area (Å²) < 4.78 is 11.9. The Morgan fingerprint density at radius 3 is 2.79 bits per heavy atom. The van der Waals surface area contributed by atoms with Gasteiger partial charge in [0.15, 0.2) is 0 Å². The molecule has 1 aromatic rings. The van der Waals surface area contributed by atoms with Crippen LogP contribution in [0.4, 0.5) is 0 Å². The van der Waals surface area contributed by atoms with Crippen LogP contribution in [0.25, 0.3) is 0 Å². The minimum Gasteiger partial charge on any atom is -0.496 e. The molecule has 5 heteroatoms. The average Bonchev–Trinajstić information content (AvgIpc) is 2.42. The highest BCUT2D eigenvalue weighted by Crippen LogP contribution is 2.24. The highest BCUT2D eigenvalue weighted by atomic mass is 79.9. The van der Waals surface area contributed by atoms with Crippen molar-refractivity contribution in [2.45, 2.75) is 32.2 Å². The van der Waals surface area contributed by atoms with Crippen LogP contribution >= 0.6 is 15.9 Å². The van der Waals surface area contributed by atoms with Gasteiger partial charge < -0.3 is 9.47 Å². The Kier molecular flexibility index (Phi) is 8.05. The number of hydrogen-bond donors (Lipinski definition) is 2. The monoisotopic (exact) mass is 330 g/mol. The van der Waals surface area contributed by atoms with E-state index in [9.17, 15) is 0 Å². The SMILES string of the molecule is CCCOCCC(Cc1cc(Br)ccc1OC)NN. The van der Waals surface area contributed by atoms with E-state index in [1.807, 2.05) is 12.1 Å². The summed E-state index contributed by atoms with van der Waals surface area (Å²) in [7, 11) is 1.68. The fourth-order valence-corrected chi connectivity index (χ4v) is 2.30. The number of halogens is 1. The number of hydrogen-bond acceptors (Lipinski definition) is 4. The van der Waals surface area contributed by atoms with Crippen molar-refractivity contribution in [2.24, 2.45) is 5.84 Å². The highest BCUT2D eigenvalue weighted by molar-refractivity contribution is 9.10. The highest BCUT2D eigenvalue weighted by Gasteiger charge is 2.12. The first-order valence-corrected chi connectivity index (χ1v) is 7.36. The number of nitrogens with two attached hydrogens (primary N) is 1. The molecule has 19 heavy (non-hydrogen) atoms. The molecule has 1 rings (SSSR count). The summed E-state index contributed by atoms with van der Waals surface area (Å²) in [4.78, 5) is 0. The number of nitrogens with one attached hydrogen (secondary N) is 1. The van der Waals surface area contributed by atoms with Crippen molar-refractivity contribution in [3.63, 3.8) is 0 Å². The van der Waals surface area contributed by atoms with E-state index in [0.29, 0.717) is 0 Å². The summed E-state index contributed by atoms with van der Waals surface area (Å²) in [5, 5.41) is 0. The molecule has 1 atom stereocenters. The third-order valence-electron chi connectivity index (χ3n) is 2.90.